The summed E-state index contributed by atoms with van der Waals surface area (Å²) in [5.41, 5.74) is 17.9. The monoisotopic (exact) mass is 848 g/mol. The van der Waals surface area contributed by atoms with E-state index in [2.05, 4.69) is 220 Å². The molecule has 0 N–H and O–H groups in total. The molecule has 0 aliphatic carbocycles. The summed E-state index contributed by atoms with van der Waals surface area (Å²) in [6, 6.07) is 51.6. The van der Waals surface area contributed by atoms with Crippen LogP contribution in [0, 0.1) is 29.6 Å². The van der Waals surface area contributed by atoms with Gasteiger partial charge in [-0.25, -0.2) is 0 Å². The molecule has 0 spiro atoms. The van der Waals surface area contributed by atoms with Crippen LogP contribution in [0.3, 0.4) is 0 Å². The van der Waals surface area contributed by atoms with E-state index in [1.165, 1.54) is 43.8 Å². The summed E-state index contributed by atoms with van der Waals surface area (Å²) in [6.45, 7) is 29.4. The fourth-order valence-corrected chi connectivity index (χ4v) is 9.62. The van der Waals surface area contributed by atoms with Crippen molar-refractivity contribution in [2.45, 2.75) is 112 Å². The van der Waals surface area contributed by atoms with Gasteiger partial charge in [-0.1, -0.05) is 126 Å². The van der Waals surface area contributed by atoms with Gasteiger partial charge in [0.1, 0.15) is 0 Å². The molecule has 0 radical (unpaired) electrons. The zero-order valence-electron chi connectivity index (χ0n) is 40.4. The molecule has 7 aromatic carbocycles. The van der Waals surface area contributed by atoms with E-state index >= 15 is 0 Å². The number of nitriles is 2. The zero-order valence-corrected chi connectivity index (χ0v) is 40.4. The van der Waals surface area contributed by atoms with Crippen LogP contribution in [-0.2, 0) is 21.7 Å². The maximum absolute atomic E-state index is 10.6. The summed E-state index contributed by atoms with van der Waals surface area (Å²) >= 11 is 0. The second kappa shape index (κ2) is 15.1. The highest BCUT2D eigenvalue weighted by Gasteiger charge is 2.26. The van der Waals surface area contributed by atoms with Gasteiger partial charge in [0.15, 0.2) is 0 Å². The van der Waals surface area contributed by atoms with Crippen molar-refractivity contribution in [2.24, 2.45) is 0 Å². The van der Waals surface area contributed by atoms with Crippen LogP contribution < -0.4 is 0 Å². The molecular formula is C61H60N4. The van der Waals surface area contributed by atoms with Gasteiger partial charge in [0, 0.05) is 32.7 Å². The van der Waals surface area contributed by atoms with Crippen molar-refractivity contribution in [3.63, 3.8) is 0 Å². The van der Waals surface area contributed by atoms with Crippen LogP contribution in [0.2, 0.25) is 0 Å². The summed E-state index contributed by atoms with van der Waals surface area (Å²) in [5.74, 6) is 0. The van der Waals surface area contributed by atoms with E-state index in [4.69, 9.17) is 0 Å². The van der Waals surface area contributed by atoms with E-state index in [1.54, 1.807) is 0 Å². The van der Waals surface area contributed by atoms with Gasteiger partial charge in [-0.05, 0) is 152 Å². The van der Waals surface area contributed by atoms with Crippen LogP contribution in [0.1, 0.15) is 122 Å². The number of aromatic nitrogens is 2. The summed E-state index contributed by atoms with van der Waals surface area (Å²) in [6.07, 6.45) is 0. The van der Waals surface area contributed by atoms with E-state index < -0.39 is 0 Å². The molecule has 0 aliphatic heterocycles. The molecule has 9 aromatic rings. The van der Waals surface area contributed by atoms with Crippen LogP contribution in [0.25, 0.3) is 77.2 Å². The summed E-state index contributed by atoms with van der Waals surface area (Å²) in [5, 5.41) is 25.2. The van der Waals surface area contributed by atoms with Crippen LogP contribution in [0.5, 0.6) is 0 Å². The van der Waals surface area contributed by atoms with Gasteiger partial charge in [-0.15, -0.1) is 0 Å². The number of hydrogen-bond donors (Lipinski definition) is 0. The lowest BCUT2D eigenvalue weighted by Crippen LogP contribution is -2.10. The lowest BCUT2D eigenvalue weighted by Gasteiger charge is -2.22. The molecule has 2 aromatic heterocycles. The number of rotatable bonds is 4. The molecule has 0 fully saturated rings. The predicted molar refractivity (Wildman–Crippen MR) is 275 cm³/mol. The van der Waals surface area contributed by atoms with Crippen molar-refractivity contribution in [3.05, 3.63) is 166 Å². The quantitative estimate of drug-likeness (QED) is 0.177. The number of fused-ring (bicyclic) bond motifs is 6. The first-order chi connectivity index (χ1) is 30.6. The van der Waals surface area contributed by atoms with E-state index in [0.29, 0.717) is 11.1 Å². The first-order valence-electron chi connectivity index (χ1n) is 23.0. The Morgan fingerprint density at radius 1 is 0.354 bits per heavy atom. The maximum atomic E-state index is 10.6. The normalized spacial score (nSPS) is 12.7. The number of nitrogens with zero attached hydrogens (tertiary/aromatic N) is 4. The number of aryl methyl sites for hydroxylation is 1. The van der Waals surface area contributed by atoms with Crippen molar-refractivity contribution in [1.82, 2.24) is 9.13 Å². The Morgan fingerprint density at radius 3 is 1.09 bits per heavy atom. The van der Waals surface area contributed by atoms with Crippen molar-refractivity contribution in [2.75, 3.05) is 0 Å². The van der Waals surface area contributed by atoms with Crippen molar-refractivity contribution in [3.8, 4) is 45.8 Å². The minimum Gasteiger partial charge on any atom is -0.309 e. The summed E-state index contributed by atoms with van der Waals surface area (Å²) in [7, 11) is 0. The van der Waals surface area contributed by atoms with Crippen LogP contribution >= 0.6 is 0 Å². The number of benzene rings is 7. The molecular weight excluding hydrogens is 789 g/mol. The fraction of sp³-hybridized carbons (Fsp3) is 0.279. The average Bonchev–Trinajstić information content (AvgIpc) is 3.76. The third kappa shape index (κ3) is 7.50. The molecule has 0 bridgehead atoms. The molecule has 4 heteroatoms. The van der Waals surface area contributed by atoms with Gasteiger partial charge in [0.25, 0.3) is 0 Å². The zero-order chi connectivity index (χ0) is 46.5. The van der Waals surface area contributed by atoms with Gasteiger partial charge in [0.05, 0.1) is 56.7 Å². The highest BCUT2D eigenvalue weighted by molar-refractivity contribution is 6.12. The lowest BCUT2D eigenvalue weighted by molar-refractivity contribution is 0.590. The Kier molecular flexibility index (Phi) is 10.1. The Bertz CT molecular complexity index is 3350. The molecule has 9 rings (SSSR count). The highest BCUT2D eigenvalue weighted by Crippen LogP contribution is 2.45. The minimum atomic E-state index is -0.0430. The van der Waals surface area contributed by atoms with Crippen LogP contribution in [0.15, 0.2) is 127 Å². The molecule has 0 saturated heterocycles. The Labute approximate surface area is 385 Å². The van der Waals surface area contributed by atoms with Gasteiger partial charge in [0.2, 0.25) is 0 Å². The maximum Gasteiger partial charge on any atom is 0.0992 e. The summed E-state index contributed by atoms with van der Waals surface area (Å²) in [4.78, 5) is 0. The molecule has 0 aliphatic rings. The largest absolute Gasteiger partial charge is 0.309 e. The number of hydrogen-bond acceptors (Lipinski definition) is 2. The van der Waals surface area contributed by atoms with Crippen LogP contribution in [-0.4, -0.2) is 9.13 Å². The summed E-state index contributed by atoms with van der Waals surface area (Å²) < 4.78 is 4.84. The Morgan fingerprint density at radius 2 is 0.723 bits per heavy atom. The van der Waals surface area contributed by atoms with Crippen molar-refractivity contribution in [1.29, 1.82) is 10.5 Å². The van der Waals surface area contributed by atoms with Crippen molar-refractivity contribution >= 4 is 43.6 Å². The molecule has 324 valence electrons. The smallest absolute Gasteiger partial charge is 0.0992 e. The van der Waals surface area contributed by atoms with Gasteiger partial charge in [-0.2, -0.15) is 10.5 Å². The molecule has 0 atom stereocenters. The van der Waals surface area contributed by atoms with E-state index in [1.807, 2.05) is 18.2 Å². The third-order valence-corrected chi connectivity index (χ3v) is 13.6. The van der Waals surface area contributed by atoms with Crippen molar-refractivity contribution < 1.29 is 0 Å². The second-order valence-corrected chi connectivity index (χ2v) is 22.3. The standard InChI is InChI=1S/C61H60N4/c1-37-28-38(35-62)14-21-45(37)40-16-23-52(64-53-24-17-41(58(2,3)4)31-48(53)49-32-42(59(5,6)7)18-25-54(49)64)47(30-40)46-22-15-39(36-63)29-57(46)65-55-26-19-43(60(8,9)10)33-50(55)51-34-44(61(11,12)13)20-27-56(51)65/h14-34H,1-13H3. The molecule has 0 amide bonds. The van der Waals surface area contributed by atoms with E-state index in [9.17, 15) is 10.5 Å². The third-order valence-electron chi connectivity index (χ3n) is 13.6. The first-order valence-corrected chi connectivity index (χ1v) is 23.0. The topological polar surface area (TPSA) is 57.4 Å². The van der Waals surface area contributed by atoms with E-state index in [-0.39, 0.29) is 21.7 Å². The fourth-order valence-electron chi connectivity index (χ4n) is 9.62. The van der Waals surface area contributed by atoms with Gasteiger partial charge >= 0.3 is 0 Å². The Hall–Kier alpha value is -6.88. The Balaban J connectivity index is 1.43. The molecule has 2 heterocycles. The minimum absolute atomic E-state index is 0.0307. The van der Waals surface area contributed by atoms with Gasteiger partial charge < -0.3 is 9.13 Å². The highest BCUT2D eigenvalue weighted by atomic mass is 15.0. The van der Waals surface area contributed by atoms with Crippen LogP contribution in [0.4, 0.5) is 0 Å². The van der Waals surface area contributed by atoms with Gasteiger partial charge in [-0.3, -0.25) is 0 Å². The molecule has 0 unspecified atom stereocenters. The molecule has 65 heavy (non-hydrogen) atoms. The predicted octanol–water partition coefficient (Wildman–Crippen LogP) is 16.5. The average molecular weight is 849 g/mol. The SMILES string of the molecule is Cc1cc(C#N)ccc1-c1ccc(-n2c3ccc(C(C)(C)C)cc3c3cc(C(C)(C)C)ccc32)c(-c2ccc(C#N)cc2-n2c3ccc(C(C)(C)C)cc3c3cc(C(C)(C)C)ccc32)c1. The lowest BCUT2D eigenvalue weighted by atomic mass is 9.85. The molecule has 4 nitrogen and oxygen atoms in total. The first kappa shape index (κ1) is 43.4. The molecule has 0 saturated carbocycles. The second-order valence-electron chi connectivity index (χ2n) is 22.3. The van der Waals surface area contributed by atoms with E-state index in [0.717, 1.165) is 61.3 Å².